The number of anilines is 1. The summed E-state index contributed by atoms with van der Waals surface area (Å²) in [7, 11) is 0. The fourth-order valence-corrected chi connectivity index (χ4v) is 4.60. The van der Waals surface area contributed by atoms with Crippen molar-refractivity contribution in [2.45, 2.75) is 45.2 Å². The molecule has 6 amide bonds. The van der Waals surface area contributed by atoms with Gasteiger partial charge in [-0.1, -0.05) is 25.1 Å². The highest BCUT2D eigenvalue weighted by atomic mass is 32.2. The molecule has 0 radical (unpaired) electrons. The number of thioether (sulfide) groups is 1. The van der Waals surface area contributed by atoms with Gasteiger partial charge in [0.25, 0.3) is 5.91 Å². The maximum atomic E-state index is 12.9. The second-order valence-electron chi connectivity index (χ2n) is 8.16. The van der Waals surface area contributed by atoms with Gasteiger partial charge >= 0.3 is 6.03 Å². The second kappa shape index (κ2) is 12.9. The van der Waals surface area contributed by atoms with Crippen molar-refractivity contribution < 1.29 is 24.0 Å². The van der Waals surface area contributed by atoms with E-state index in [1.54, 1.807) is 30.0 Å². The largest absolute Gasteiger partial charge is 0.355 e. The van der Waals surface area contributed by atoms with E-state index >= 15 is 0 Å². The van der Waals surface area contributed by atoms with E-state index in [-0.39, 0.29) is 43.1 Å². The first-order chi connectivity index (χ1) is 16.9. The number of allylic oxidation sites excluding steroid dienone is 1. The van der Waals surface area contributed by atoms with Crippen LogP contribution >= 0.6 is 11.8 Å². The third-order valence-corrected chi connectivity index (χ3v) is 6.62. The topological polar surface area (TPSA) is 137 Å². The Bertz CT molecular complexity index is 1010. The molecule has 1 atom stereocenters. The molecule has 2 aliphatic heterocycles. The molecular formula is C24H31N5O5S. The number of imide groups is 1. The Hall–Kier alpha value is -3.34. The average Bonchev–Trinajstić information content (AvgIpc) is 3.16. The van der Waals surface area contributed by atoms with Gasteiger partial charge in [0.15, 0.2) is 0 Å². The number of urea groups is 1. The summed E-state index contributed by atoms with van der Waals surface area (Å²) < 4.78 is 0. The van der Waals surface area contributed by atoms with Crippen LogP contribution in [0.15, 0.2) is 30.4 Å². The molecule has 4 N–H and O–H groups in total. The van der Waals surface area contributed by atoms with Gasteiger partial charge < -0.3 is 20.9 Å². The normalized spacial score (nSPS) is 17.3. The summed E-state index contributed by atoms with van der Waals surface area (Å²) in [6.07, 6.45) is 5.59. The molecule has 0 saturated carbocycles. The highest BCUT2D eigenvalue weighted by Gasteiger charge is 2.39. The van der Waals surface area contributed by atoms with E-state index in [2.05, 4.69) is 21.3 Å². The highest BCUT2D eigenvalue weighted by Crippen LogP contribution is 2.32. The third kappa shape index (κ3) is 7.32. The summed E-state index contributed by atoms with van der Waals surface area (Å²) >= 11 is 1.62. The van der Waals surface area contributed by atoms with E-state index in [1.807, 2.05) is 19.1 Å². The predicted molar refractivity (Wildman–Crippen MR) is 134 cm³/mol. The Morgan fingerprint density at radius 1 is 1.14 bits per heavy atom. The molecule has 1 aromatic rings. The van der Waals surface area contributed by atoms with Crippen LogP contribution in [0.5, 0.6) is 0 Å². The van der Waals surface area contributed by atoms with Crippen LogP contribution in [-0.2, 0) is 20.9 Å². The van der Waals surface area contributed by atoms with Gasteiger partial charge in [0, 0.05) is 60.8 Å². The number of hydrogen-bond acceptors (Lipinski definition) is 6. The first-order valence-electron chi connectivity index (χ1n) is 11.7. The monoisotopic (exact) mass is 501 g/mol. The number of benzene rings is 1. The molecule has 0 aromatic heterocycles. The van der Waals surface area contributed by atoms with Crippen LogP contribution in [0.3, 0.4) is 0 Å². The summed E-state index contributed by atoms with van der Waals surface area (Å²) in [5, 5.41) is 10.7. The molecule has 1 unspecified atom stereocenters. The maximum Gasteiger partial charge on any atom is 0.319 e. The average molecular weight is 502 g/mol. The lowest BCUT2D eigenvalue weighted by molar-refractivity contribution is -0.137. The van der Waals surface area contributed by atoms with Crippen molar-refractivity contribution in [3.8, 4) is 0 Å². The molecule has 3 rings (SSSR count). The standard InChI is InChI=1S/C24H31N5O5S/c1-2-3-4-8-20(30)25-11-13-35-14-12-26-24(34)27-18-7-5-6-16-17(18)15-29(23(16)33)19-9-10-21(31)28-22(19)32/h3-7,19H,2,8-15H2,1H3,(H,25,30)(H2,26,27,34)(H,28,31,32)/b4-3-. The number of piperidine rings is 1. The molecule has 188 valence electrons. The van der Waals surface area contributed by atoms with Gasteiger partial charge in [-0.25, -0.2) is 4.79 Å². The summed E-state index contributed by atoms with van der Waals surface area (Å²) in [6.45, 7) is 3.22. The number of hydrogen-bond donors (Lipinski definition) is 4. The van der Waals surface area contributed by atoms with E-state index < -0.39 is 11.9 Å². The maximum absolute atomic E-state index is 12.9. The Morgan fingerprint density at radius 2 is 1.91 bits per heavy atom. The first-order valence-corrected chi connectivity index (χ1v) is 12.9. The van der Waals surface area contributed by atoms with Gasteiger partial charge in [0.05, 0.1) is 0 Å². The van der Waals surface area contributed by atoms with Crippen molar-refractivity contribution in [3.05, 3.63) is 41.5 Å². The minimum Gasteiger partial charge on any atom is -0.355 e. The van der Waals surface area contributed by atoms with E-state index in [0.717, 1.165) is 12.2 Å². The number of amides is 6. The highest BCUT2D eigenvalue weighted by molar-refractivity contribution is 7.99. The number of rotatable bonds is 11. The minimum atomic E-state index is -0.705. The SMILES string of the molecule is CC/C=C\CC(=O)NCCSCCNC(=O)Nc1cccc2c1CN(C1CCC(=O)NC1=O)C2=O. The van der Waals surface area contributed by atoms with Gasteiger partial charge in [-0.3, -0.25) is 24.5 Å². The van der Waals surface area contributed by atoms with Crippen LogP contribution in [0.2, 0.25) is 0 Å². The van der Waals surface area contributed by atoms with E-state index in [1.165, 1.54) is 4.90 Å². The fraction of sp³-hybridized carbons (Fsp3) is 0.458. The molecule has 1 fully saturated rings. The molecule has 0 spiro atoms. The predicted octanol–water partition coefficient (Wildman–Crippen LogP) is 1.77. The van der Waals surface area contributed by atoms with Crippen LogP contribution < -0.4 is 21.3 Å². The Morgan fingerprint density at radius 3 is 2.66 bits per heavy atom. The van der Waals surface area contributed by atoms with Crippen molar-refractivity contribution in [3.63, 3.8) is 0 Å². The Labute approximate surface area is 208 Å². The summed E-state index contributed by atoms with van der Waals surface area (Å²) in [4.78, 5) is 62.0. The van der Waals surface area contributed by atoms with Gasteiger partial charge in [-0.2, -0.15) is 11.8 Å². The third-order valence-electron chi connectivity index (χ3n) is 5.64. The van der Waals surface area contributed by atoms with Gasteiger partial charge in [-0.05, 0) is 25.0 Å². The molecule has 0 aliphatic carbocycles. The number of fused-ring (bicyclic) bond motifs is 1. The van der Waals surface area contributed by atoms with Crippen LogP contribution in [0.4, 0.5) is 10.5 Å². The van der Waals surface area contributed by atoms with E-state index in [4.69, 9.17) is 0 Å². The van der Waals surface area contributed by atoms with E-state index in [9.17, 15) is 24.0 Å². The quantitative estimate of drug-likeness (QED) is 0.207. The van der Waals surface area contributed by atoms with Crippen molar-refractivity contribution >= 4 is 47.1 Å². The number of nitrogens with one attached hydrogen (secondary N) is 4. The Balaban J connectivity index is 1.40. The van der Waals surface area contributed by atoms with Crippen LogP contribution in [0.1, 0.15) is 48.5 Å². The van der Waals surface area contributed by atoms with Crippen molar-refractivity contribution in [2.75, 3.05) is 29.9 Å². The van der Waals surface area contributed by atoms with Gasteiger partial charge in [0.1, 0.15) is 6.04 Å². The van der Waals surface area contributed by atoms with Gasteiger partial charge in [-0.15, -0.1) is 0 Å². The van der Waals surface area contributed by atoms with Crippen LogP contribution in [0.25, 0.3) is 0 Å². The van der Waals surface area contributed by atoms with E-state index in [0.29, 0.717) is 42.1 Å². The lowest BCUT2D eigenvalue weighted by atomic mass is 10.0. The second-order valence-corrected chi connectivity index (χ2v) is 9.38. The molecule has 10 nitrogen and oxygen atoms in total. The van der Waals surface area contributed by atoms with Crippen molar-refractivity contribution in [2.24, 2.45) is 0 Å². The molecule has 1 saturated heterocycles. The summed E-state index contributed by atoms with van der Waals surface area (Å²) in [5.41, 5.74) is 1.60. The molecule has 2 aliphatic rings. The molecule has 2 heterocycles. The van der Waals surface area contributed by atoms with Gasteiger partial charge in [0.2, 0.25) is 17.7 Å². The first kappa shape index (κ1) is 26.3. The fourth-order valence-electron chi connectivity index (χ4n) is 3.90. The zero-order valence-electron chi connectivity index (χ0n) is 19.7. The molecule has 35 heavy (non-hydrogen) atoms. The van der Waals surface area contributed by atoms with Crippen molar-refractivity contribution in [1.29, 1.82) is 0 Å². The zero-order valence-corrected chi connectivity index (χ0v) is 20.5. The number of carbonyl (C=O) groups excluding carboxylic acids is 5. The lowest BCUT2D eigenvalue weighted by Gasteiger charge is -2.29. The molecule has 1 aromatic carbocycles. The molecule has 11 heteroatoms. The van der Waals surface area contributed by atoms with Crippen molar-refractivity contribution in [1.82, 2.24) is 20.9 Å². The zero-order chi connectivity index (χ0) is 25.2. The smallest absolute Gasteiger partial charge is 0.319 e. The van der Waals surface area contributed by atoms with Crippen LogP contribution in [-0.4, -0.2) is 65.2 Å². The van der Waals surface area contributed by atoms with Crippen LogP contribution in [0, 0.1) is 0 Å². The lowest BCUT2D eigenvalue weighted by Crippen LogP contribution is -2.52. The number of carbonyl (C=O) groups is 5. The Kier molecular flexibility index (Phi) is 9.71. The number of nitrogens with zero attached hydrogens (tertiary/aromatic N) is 1. The molecular weight excluding hydrogens is 470 g/mol. The summed E-state index contributed by atoms with van der Waals surface area (Å²) in [5.74, 6) is 0.337. The summed E-state index contributed by atoms with van der Waals surface area (Å²) in [6, 6.07) is 3.98. The molecule has 0 bridgehead atoms. The minimum absolute atomic E-state index is 0.00199.